The number of para-hydroxylation sites is 1. The van der Waals surface area contributed by atoms with Gasteiger partial charge in [0.1, 0.15) is 11.1 Å². The maximum absolute atomic E-state index is 13.6. The second-order valence-corrected chi connectivity index (χ2v) is 9.44. The maximum atomic E-state index is 13.6. The first kappa shape index (κ1) is 22.3. The molecule has 3 aromatic rings. The zero-order valence-electron chi connectivity index (χ0n) is 19.3. The molecule has 1 amide bonds. The minimum atomic E-state index is -0.235. The highest BCUT2D eigenvalue weighted by Gasteiger charge is 2.42. The van der Waals surface area contributed by atoms with Gasteiger partial charge in [0.15, 0.2) is 0 Å². The molecule has 0 aliphatic carbocycles. The van der Waals surface area contributed by atoms with Crippen LogP contribution in [0.1, 0.15) is 37.4 Å². The van der Waals surface area contributed by atoms with Gasteiger partial charge in [0.2, 0.25) is 5.91 Å². The fourth-order valence-electron chi connectivity index (χ4n) is 4.35. The minimum absolute atomic E-state index is 0.0289. The lowest BCUT2D eigenvalue weighted by atomic mass is 10.1. The van der Waals surface area contributed by atoms with Crippen molar-refractivity contribution in [3.63, 3.8) is 0 Å². The summed E-state index contributed by atoms with van der Waals surface area (Å²) in [5.74, 6) is -0.0289. The number of rotatable bonds is 6. The molecule has 4 rings (SSSR count). The van der Waals surface area contributed by atoms with Crippen molar-refractivity contribution < 1.29 is 4.79 Å². The summed E-state index contributed by atoms with van der Waals surface area (Å²) in [6, 6.07) is 17.9. The third-order valence-electron chi connectivity index (χ3n) is 6.22. The molecule has 7 heteroatoms. The Morgan fingerprint density at radius 1 is 0.969 bits per heavy atom. The number of aromatic nitrogens is 2. The molecule has 0 radical (unpaired) electrons. The predicted molar refractivity (Wildman–Crippen MR) is 133 cm³/mol. The third kappa shape index (κ3) is 3.64. The normalized spacial score (nSPS) is 18.4. The lowest BCUT2D eigenvalue weighted by Crippen LogP contribution is -2.34. The number of carbonyl (C=O) groups is 1. The van der Waals surface area contributed by atoms with Crippen LogP contribution >= 0.6 is 11.8 Å². The highest BCUT2D eigenvalue weighted by Crippen LogP contribution is 2.45. The van der Waals surface area contributed by atoms with Gasteiger partial charge >= 0.3 is 0 Å². The molecule has 0 spiro atoms. The van der Waals surface area contributed by atoms with Crippen molar-refractivity contribution in [2.75, 3.05) is 22.9 Å². The molecule has 1 aliphatic rings. The first-order chi connectivity index (χ1) is 15.4. The zero-order valence-corrected chi connectivity index (χ0v) is 20.1. The highest BCUT2D eigenvalue weighted by atomic mass is 32.2. The Hall–Kier alpha value is -2.93. The smallest absolute Gasteiger partial charge is 0.295 e. The Balaban J connectivity index is 1.79. The summed E-state index contributed by atoms with van der Waals surface area (Å²) in [4.78, 5) is 30.8. The number of hydrogen-bond donors (Lipinski definition) is 0. The molecule has 2 atom stereocenters. The van der Waals surface area contributed by atoms with Crippen LogP contribution in [0.25, 0.3) is 5.69 Å². The molecule has 2 heterocycles. The van der Waals surface area contributed by atoms with Crippen LogP contribution < -0.4 is 15.4 Å². The molecule has 168 valence electrons. The van der Waals surface area contributed by atoms with Crippen molar-refractivity contribution in [1.82, 2.24) is 9.36 Å². The van der Waals surface area contributed by atoms with Gasteiger partial charge in [-0.05, 0) is 57.5 Å². The Bertz CT molecular complexity index is 1160. The van der Waals surface area contributed by atoms with Crippen LogP contribution in [-0.4, -0.2) is 33.6 Å². The average molecular weight is 451 g/mol. The fraction of sp³-hybridized carbons (Fsp3) is 0.360. The van der Waals surface area contributed by atoms with Gasteiger partial charge in [-0.3, -0.25) is 19.2 Å². The lowest BCUT2D eigenvalue weighted by molar-refractivity contribution is -0.117. The number of anilines is 2. The quantitative estimate of drug-likeness (QED) is 0.555. The molecule has 0 saturated carbocycles. The second-order valence-electron chi connectivity index (χ2n) is 8.01. The van der Waals surface area contributed by atoms with E-state index in [1.807, 2.05) is 55.9 Å². The maximum Gasteiger partial charge on any atom is 0.295 e. The highest BCUT2D eigenvalue weighted by molar-refractivity contribution is 8.01. The van der Waals surface area contributed by atoms with E-state index in [0.29, 0.717) is 5.69 Å². The molecule has 2 unspecified atom stereocenters. The minimum Gasteiger partial charge on any atom is -0.372 e. The molecular formula is C25H30N4O2S. The van der Waals surface area contributed by atoms with Gasteiger partial charge in [0.25, 0.3) is 5.56 Å². The molecular weight excluding hydrogens is 420 g/mol. The summed E-state index contributed by atoms with van der Waals surface area (Å²) in [5.41, 5.74) is 4.01. The van der Waals surface area contributed by atoms with E-state index in [2.05, 4.69) is 43.0 Å². The van der Waals surface area contributed by atoms with Crippen LogP contribution in [0.4, 0.5) is 11.4 Å². The van der Waals surface area contributed by atoms with Crippen LogP contribution in [0.3, 0.4) is 0 Å². The molecule has 0 bridgehead atoms. The van der Waals surface area contributed by atoms with E-state index >= 15 is 0 Å². The number of hydrogen-bond acceptors (Lipinski definition) is 4. The third-order valence-corrected chi connectivity index (χ3v) is 7.57. The van der Waals surface area contributed by atoms with Crippen molar-refractivity contribution in [2.45, 2.75) is 38.3 Å². The van der Waals surface area contributed by atoms with Crippen LogP contribution in [0, 0.1) is 6.92 Å². The molecule has 2 aromatic carbocycles. The summed E-state index contributed by atoms with van der Waals surface area (Å²) in [6.07, 6.45) is 0. The number of nitrogens with zero attached hydrogens (tertiary/aromatic N) is 4. The van der Waals surface area contributed by atoms with E-state index in [1.54, 1.807) is 21.3 Å². The van der Waals surface area contributed by atoms with Crippen LogP contribution in [0.15, 0.2) is 59.4 Å². The number of carbonyl (C=O) groups excluding carboxylic acids is 1. The summed E-state index contributed by atoms with van der Waals surface area (Å²) < 4.78 is 3.46. The summed E-state index contributed by atoms with van der Waals surface area (Å²) in [5, 5.41) is -0.451. The van der Waals surface area contributed by atoms with E-state index in [4.69, 9.17) is 0 Å². The molecule has 1 saturated heterocycles. The van der Waals surface area contributed by atoms with Gasteiger partial charge in [0.05, 0.1) is 16.6 Å². The molecule has 0 N–H and O–H groups in total. The first-order valence-corrected chi connectivity index (χ1v) is 12.0. The summed E-state index contributed by atoms with van der Waals surface area (Å²) in [6.45, 7) is 9.98. The molecule has 6 nitrogen and oxygen atoms in total. The van der Waals surface area contributed by atoms with Crippen molar-refractivity contribution in [3.05, 3.63) is 76.2 Å². The Morgan fingerprint density at radius 3 is 2.19 bits per heavy atom. The Morgan fingerprint density at radius 2 is 1.59 bits per heavy atom. The largest absolute Gasteiger partial charge is 0.372 e. The first-order valence-electron chi connectivity index (χ1n) is 11.1. The lowest BCUT2D eigenvalue weighted by Gasteiger charge is -2.25. The summed E-state index contributed by atoms with van der Waals surface area (Å²) in [7, 11) is 1.86. The number of amides is 1. The molecule has 1 aliphatic heterocycles. The SMILES string of the molecule is CCN(CC)c1ccc(C2SC(C)C(=O)N2c2c(C)n(C)n(-c3ccccc3)c2=O)cc1. The summed E-state index contributed by atoms with van der Waals surface area (Å²) >= 11 is 1.59. The van der Waals surface area contributed by atoms with E-state index in [-0.39, 0.29) is 22.1 Å². The van der Waals surface area contributed by atoms with Gasteiger partial charge in [0, 0.05) is 25.8 Å². The van der Waals surface area contributed by atoms with E-state index in [9.17, 15) is 9.59 Å². The van der Waals surface area contributed by atoms with Gasteiger partial charge in [-0.25, -0.2) is 4.68 Å². The van der Waals surface area contributed by atoms with Gasteiger partial charge < -0.3 is 4.90 Å². The Labute approximate surface area is 193 Å². The van der Waals surface area contributed by atoms with Gasteiger partial charge in [-0.2, -0.15) is 0 Å². The standard InChI is InChI=1S/C25H30N4O2S/c1-6-27(7-2)20-15-13-19(14-16-20)25-28(23(30)18(4)32-25)22-17(3)26(5)29(24(22)31)21-11-9-8-10-12-21/h8-16,18,25H,6-7H2,1-5H3. The number of thioether (sulfide) groups is 1. The molecule has 1 aromatic heterocycles. The molecule has 1 fully saturated rings. The Kier molecular flexibility index (Phi) is 6.20. The van der Waals surface area contributed by atoms with Crippen molar-refractivity contribution in [2.24, 2.45) is 7.05 Å². The topological polar surface area (TPSA) is 50.5 Å². The zero-order chi connectivity index (χ0) is 23.0. The van der Waals surface area contributed by atoms with Gasteiger partial charge in [-0.1, -0.05) is 30.3 Å². The second kappa shape index (κ2) is 8.90. The van der Waals surface area contributed by atoms with E-state index in [0.717, 1.165) is 35.7 Å². The van der Waals surface area contributed by atoms with Crippen molar-refractivity contribution in [3.8, 4) is 5.69 Å². The monoisotopic (exact) mass is 450 g/mol. The van der Waals surface area contributed by atoms with E-state index < -0.39 is 0 Å². The van der Waals surface area contributed by atoms with Gasteiger partial charge in [-0.15, -0.1) is 11.8 Å². The van der Waals surface area contributed by atoms with Crippen LogP contribution in [0.2, 0.25) is 0 Å². The van der Waals surface area contributed by atoms with Crippen molar-refractivity contribution in [1.29, 1.82) is 0 Å². The van der Waals surface area contributed by atoms with E-state index in [1.165, 1.54) is 0 Å². The predicted octanol–water partition coefficient (Wildman–Crippen LogP) is 4.50. The van der Waals surface area contributed by atoms with Crippen molar-refractivity contribution >= 4 is 29.0 Å². The molecule has 32 heavy (non-hydrogen) atoms. The van der Waals surface area contributed by atoms with Crippen LogP contribution in [0.5, 0.6) is 0 Å². The number of benzene rings is 2. The fourth-order valence-corrected chi connectivity index (χ4v) is 5.61. The van der Waals surface area contributed by atoms with Crippen LogP contribution in [-0.2, 0) is 11.8 Å². The average Bonchev–Trinajstić information content (AvgIpc) is 3.21.